The Hall–Kier alpha value is -6.44. The molecule has 0 spiro atoms. The topological polar surface area (TPSA) is 3.24 Å². The normalized spacial score (nSPS) is 12.6. The van der Waals surface area contributed by atoms with Crippen molar-refractivity contribution < 1.29 is 0 Å². The number of nitrogens with zero attached hydrogens (tertiary/aromatic N) is 1. The maximum Gasteiger partial charge on any atom is 0.0543 e. The largest absolute Gasteiger partial charge is 0.310 e. The lowest BCUT2D eigenvalue weighted by atomic mass is 9.81. The molecule has 9 rings (SSSR count). The number of benzene rings is 8. The van der Waals surface area contributed by atoms with E-state index in [0.717, 1.165) is 17.1 Å². The van der Waals surface area contributed by atoms with Crippen molar-refractivity contribution in [3.8, 4) is 55.6 Å². The Morgan fingerprint density at radius 3 is 1.17 bits per heavy atom. The van der Waals surface area contributed by atoms with E-state index in [1.807, 2.05) is 0 Å². The summed E-state index contributed by atoms with van der Waals surface area (Å²) < 4.78 is 0. The van der Waals surface area contributed by atoms with Crippen LogP contribution in [0, 0.1) is 0 Å². The van der Waals surface area contributed by atoms with Gasteiger partial charge in [-0.2, -0.15) is 0 Å². The highest BCUT2D eigenvalue weighted by atomic mass is 15.1. The van der Waals surface area contributed by atoms with Crippen LogP contribution in [0.15, 0.2) is 200 Å². The molecule has 0 atom stereocenters. The maximum atomic E-state index is 2.47. The van der Waals surface area contributed by atoms with Gasteiger partial charge < -0.3 is 4.90 Å². The van der Waals surface area contributed by atoms with E-state index < -0.39 is 0 Å². The van der Waals surface area contributed by atoms with Crippen LogP contribution < -0.4 is 4.90 Å². The monoisotopic (exact) mass is 665 g/mol. The van der Waals surface area contributed by atoms with Crippen LogP contribution in [-0.2, 0) is 5.41 Å². The fraction of sp³-hybridized carbons (Fsp3) is 0.0588. The molecule has 0 saturated carbocycles. The summed E-state index contributed by atoms with van der Waals surface area (Å²) in [5, 5.41) is 0. The molecule has 0 amide bonds. The fourth-order valence-corrected chi connectivity index (χ4v) is 7.91. The number of anilines is 3. The highest BCUT2D eigenvalue weighted by Crippen LogP contribution is 2.54. The molecule has 8 aromatic rings. The van der Waals surface area contributed by atoms with E-state index in [0.29, 0.717) is 0 Å². The van der Waals surface area contributed by atoms with Crippen molar-refractivity contribution in [2.24, 2.45) is 0 Å². The van der Waals surface area contributed by atoms with Crippen molar-refractivity contribution in [2.75, 3.05) is 4.90 Å². The van der Waals surface area contributed by atoms with Gasteiger partial charge in [-0.15, -0.1) is 0 Å². The molecule has 8 aromatic carbocycles. The van der Waals surface area contributed by atoms with Crippen molar-refractivity contribution in [3.63, 3.8) is 0 Å². The first-order chi connectivity index (χ1) is 25.5. The van der Waals surface area contributed by atoms with Crippen molar-refractivity contribution in [1.82, 2.24) is 0 Å². The average Bonchev–Trinajstić information content (AvgIpc) is 3.44. The zero-order valence-electron chi connectivity index (χ0n) is 29.5. The summed E-state index contributed by atoms with van der Waals surface area (Å²) in [5.41, 5.74) is 18.2. The summed E-state index contributed by atoms with van der Waals surface area (Å²) in [6.45, 7) is 4.76. The highest BCUT2D eigenvalue weighted by Gasteiger charge is 2.37. The molecule has 0 bridgehead atoms. The molecule has 0 fully saturated rings. The molecule has 248 valence electrons. The minimum absolute atomic E-state index is 0.195. The van der Waals surface area contributed by atoms with Crippen molar-refractivity contribution >= 4 is 17.1 Å². The number of fused-ring (bicyclic) bond motifs is 3. The van der Waals surface area contributed by atoms with Gasteiger partial charge in [0.05, 0.1) is 5.69 Å². The summed E-state index contributed by atoms with van der Waals surface area (Å²) in [4.78, 5) is 2.45. The molecule has 0 N–H and O–H groups in total. The van der Waals surface area contributed by atoms with Crippen LogP contribution in [0.5, 0.6) is 0 Å². The van der Waals surface area contributed by atoms with E-state index in [1.165, 1.54) is 66.8 Å². The Morgan fingerprint density at radius 2 is 0.692 bits per heavy atom. The van der Waals surface area contributed by atoms with Gasteiger partial charge >= 0.3 is 0 Å². The molecule has 0 unspecified atom stereocenters. The first-order valence-electron chi connectivity index (χ1n) is 18.1. The Kier molecular flexibility index (Phi) is 7.90. The Bertz CT molecular complexity index is 2400. The molecule has 0 heterocycles. The van der Waals surface area contributed by atoms with Gasteiger partial charge in [-0.1, -0.05) is 172 Å². The van der Waals surface area contributed by atoms with E-state index in [1.54, 1.807) is 0 Å². The van der Waals surface area contributed by atoms with Crippen LogP contribution in [-0.4, -0.2) is 0 Å². The van der Waals surface area contributed by atoms with E-state index in [9.17, 15) is 0 Å². The zero-order valence-corrected chi connectivity index (χ0v) is 29.5. The minimum Gasteiger partial charge on any atom is -0.310 e. The summed E-state index contributed by atoms with van der Waals surface area (Å²) in [7, 11) is 0. The third-order valence-electron chi connectivity index (χ3n) is 10.7. The van der Waals surface area contributed by atoms with Crippen molar-refractivity contribution in [3.05, 3.63) is 211 Å². The smallest absolute Gasteiger partial charge is 0.0543 e. The van der Waals surface area contributed by atoms with Gasteiger partial charge in [0, 0.05) is 22.4 Å². The third kappa shape index (κ3) is 5.61. The fourth-order valence-electron chi connectivity index (χ4n) is 7.91. The lowest BCUT2D eigenvalue weighted by Gasteiger charge is -2.31. The lowest BCUT2D eigenvalue weighted by Crippen LogP contribution is -2.17. The molecule has 1 nitrogen and oxygen atoms in total. The molecule has 0 aliphatic heterocycles. The van der Waals surface area contributed by atoms with Crippen LogP contribution >= 0.6 is 0 Å². The molecule has 52 heavy (non-hydrogen) atoms. The highest BCUT2D eigenvalue weighted by molar-refractivity contribution is 5.95. The van der Waals surface area contributed by atoms with Gasteiger partial charge in [0.1, 0.15) is 0 Å². The predicted molar refractivity (Wildman–Crippen MR) is 220 cm³/mol. The van der Waals surface area contributed by atoms with Crippen LogP contribution in [0.1, 0.15) is 25.0 Å². The van der Waals surface area contributed by atoms with Crippen molar-refractivity contribution in [2.45, 2.75) is 19.3 Å². The van der Waals surface area contributed by atoms with E-state index in [2.05, 4.69) is 219 Å². The van der Waals surface area contributed by atoms with Crippen molar-refractivity contribution in [1.29, 1.82) is 0 Å². The molecular formula is C51H39N. The van der Waals surface area contributed by atoms with Gasteiger partial charge in [0.2, 0.25) is 0 Å². The molecule has 0 aromatic heterocycles. The first kappa shape index (κ1) is 31.5. The Labute approximate surface area is 307 Å². The molecule has 1 heteroatoms. The van der Waals surface area contributed by atoms with Crippen LogP contribution in [0.3, 0.4) is 0 Å². The summed E-state index contributed by atoms with van der Waals surface area (Å²) >= 11 is 0. The second-order valence-electron chi connectivity index (χ2n) is 14.2. The van der Waals surface area contributed by atoms with Crippen LogP contribution in [0.4, 0.5) is 17.1 Å². The quantitative estimate of drug-likeness (QED) is 0.164. The molecule has 0 saturated heterocycles. The second-order valence-corrected chi connectivity index (χ2v) is 14.2. The molecule has 0 radical (unpaired) electrons. The number of rotatable bonds is 7. The van der Waals surface area contributed by atoms with E-state index in [4.69, 9.17) is 0 Å². The van der Waals surface area contributed by atoms with E-state index in [-0.39, 0.29) is 5.41 Å². The van der Waals surface area contributed by atoms with Gasteiger partial charge in [0.15, 0.2) is 0 Å². The predicted octanol–water partition coefficient (Wildman–Crippen LogP) is 14.1. The second kappa shape index (κ2) is 13.0. The lowest BCUT2D eigenvalue weighted by molar-refractivity contribution is 0.660. The van der Waals surface area contributed by atoms with Gasteiger partial charge in [0.25, 0.3) is 0 Å². The summed E-state index contributed by atoms with van der Waals surface area (Å²) in [5.74, 6) is 0. The first-order valence-corrected chi connectivity index (χ1v) is 18.1. The van der Waals surface area contributed by atoms with E-state index >= 15 is 0 Å². The average molecular weight is 666 g/mol. The SMILES string of the molecule is CC1(C)c2cc(-c3ccccc3)ccc2-c2cc(-c3ccccc3)c(N(c3ccc(-c4ccccc4)cc3)c3ccc(-c4ccccc4)cc3)cc21. The Balaban J connectivity index is 1.24. The zero-order chi connectivity index (χ0) is 35.1. The standard InChI is InChI=1S/C51H39N/c1-51(2)48-33-42(38-19-11-5-12-20-38)27-32-45(48)47-34-46(41-21-13-6-14-22-41)50(35-49(47)51)52(43-28-23-39(24-29-43)36-15-7-3-8-16-36)44-30-25-40(26-31-44)37-17-9-4-10-18-37/h3-35H,1-2H3. The minimum atomic E-state index is -0.195. The Morgan fingerprint density at radius 1 is 0.308 bits per heavy atom. The maximum absolute atomic E-state index is 2.47. The van der Waals surface area contributed by atoms with Gasteiger partial charge in [-0.05, 0) is 104 Å². The summed E-state index contributed by atoms with van der Waals surface area (Å²) in [6, 6.07) is 72.8. The van der Waals surface area contributed by atoms with Gasteiger partial charge in [-0.3, -0.25) is 0 Å². The third-order valence-corrected chi connectivity index (χ3v) is 10.7. The molecular weight excluding hydrogens is 627 g/mol. The number of hydrogen-bond acceptors (Lipinski definition) is 1. The van der Waals surface area contributed by atoms with Gasteiger partial charge in [-0.25, -0.2) is 0 Å². The molecule has 1 aliphatic carbocycles. The van der Waals surface area contributed by atoms with Crippen LogP contribution in [0.2, 0.25) is 0 Å². The molecule has 1 aliphatic rings. The summed E-state index contributed by atoms with van der Waals surface area (Å²) in [6.07, 6.45) is 0. The van der Waals surface area contributed by atoms with Crippen LogP contribution in [0.25, 0.3) is 55.6 Å². The number of hydrogen-bond donors (Lipinski definition) is 0.